The highest BCUT2D eigenvalue weighted by Gasteiger charge is 2.37. The summed E-state index contributed by atoms with van der Waals surface area (Å²) in [5.74, 6) is 1.17. The van der Waals surface area contributed by atoms with Gasteiger partial charge in [-0.25, -0.2) is 0 Å². The number of benzene rings is 2. The molecular weight excluding hydrogens is 523 g/mol. The SMILES string of the molecule is CCOC(=O)C1CCN(CC2=Cc3ccc(OCc4ccc5c(c4)c(C(F)(F)F)nn5C(C)C)cc3OC2)CC1. The number of nitrogens with zero attached hydrogens (tertiary/aromatic N) is 3. The number of carbonyl (C=O) groups is 1. The van der Waals surface area contributed by atoms with Gasteiger partial charge in [0.1, 0.15) is 24.7 Å². The van der Waals surface area contributed by atoms with Gasteiger partial charge < -0.3 is 14.2 Å². The summed E-state index contributed by atoms with van der Waals surface area (Å²) in [6.45, 7) is 8.89. The first kappa shape index (κ1) is 28.0. The van der Waals surface area contributed by atoms with Gasteiger partial charge in [-0.2, -0.15) is 18.3 Å². The van der Waals surface area contributed by atoms with Gasteiger partial charge >= 0.3 is 12.1 Å². The Morgan fingerprint density at radius 1 is 1.15 bits per heavy atom. The minimum atomic E-state index is -4.54. The van der Waals surface area contributed by atoms with E-state index in [9.17, 15) is 18.0 Å². The molecule has 1 saturated heterocycles. The van der Waals surface area contributed by atoms with Gasteiger partial charge in [0.15, 0.2) is 5.69 Å². The van der Waals surface area contributed by atoms with Gasteiger partial charge in [0, 0.05) is 29.6 Å². The molecule has 2 aliphatic heterocycles. The lowest BCUT2D eigenvalue weighted by Crippen LogP contribution is -2.38. The molecule has 0 unspecified atom stereocenters. The second-order valence-corrected chi connectivity index (χ2v) is 10.6. The van der Waals surface area contributed by atoms with Crippen LogP contribution in [0.15, 0.2) is 42.0 Å². The van der Waals surface area contributed by atoms with Crippen LogP contribution in [0.5, 0.6) is 11.5 Å². The molecule has 3 aromatic rings. The summed E-state index contributed by atoms with van der Waals surface area (Å²) in [7, 11) is 0. The van der Waals surface area contributed by atoms with Crippen LogP contribution in [0.1, 0.15) is 56.5 Å². The first-order valence-corrected chi connectivity index (χ1v) is 13.7. The second-order valence-electron chi connectivity index (χ2n) is 10.6. The van der Waals surface area contributed by atoms with Crippen molar-refractivity contribution in [1.82, 2.24) is 14.7 Å². The number of fused-ring (bicyclic) bond motifs is 2. The van der Waals surface area contributed by atoms with Crippen molar-refractivity contribution in [3.63, 3.8) is 0 Å². The largest absolute Gasteiger partial charge is 0.489 e. The summed E-state index contributed by atoms with van der Waals surface area (Å²) in [6, 6.07) is 10.3. The lowest BCUT2D eigenvalue weighted by Gasteiger charge is -2.32. The van der Waals surface area contributed by atoms with Crippen LogP contribution >= 0.6 is 0 Å². The Kier molecular flexibility index (Phi) is 8.07. The fourth-order valence-electron chi connectivity index (χ4n) is 5.29. The summed E-state index contributed by atoms with van der Waals surface area (Å²) in [6.07, 6.45) is -0.818. The molecule has 0 atom stereocenters. The molecule has 0 bridgehead atoms. The van der Waals surface area contributed by atoms with Crippen LogP contribution in [0.25, 0.3) is 17.0 Å². The van der Waals surface area contributed by atoms with Crippen LogP contribution in [0.4, 0.5) is 13.2 Å². The van der Waals surface area contributed by atoms with Gasteiger partial charge in [-0.3, -0.25) is 14.4 Å². The van der Waals surface area contributed by atoms with Crippen molar-refractivity contribution in [3.8, 4) is 11.5 Å². The molecule has 0 N–H and O–H groups in total. The third kappa shape index (κ3) is 6.11. The number of alkyl halides is 3. The smallest absolute Gasteiger partial charge is 0.435 e. The van der Waals surface area contributed by atoms with E-state index in [4.69, 9.17) is 14.2 Å². The van der Waals surface area contributed by atoms with Gasteiger partial charge in [0.05, 0.1) is 18.0 Å². The van der Waals surface area contributed by atoms with E-state index in [1.165, 1.54) is 10.7 Å². The Hall–Kier alpha value is -3.53. The van der Waals surface area contributed by atoms with Crippen LogP contribution < -0.4 is 9.47 Å². The average molecular weight is 558 g/mol. The van der Waals surface area contributed by atoms with Gasteiger partial charge in [-0.05, 0) is 88.2 Å². The fourth-order valence-corrected chi connectivity index (χ4v) is 5.29. The van der Waals surface area contributed by atoms with E-state index >= 15 is 0 Å². The predicted molar refractivity (Wildman–Crippen MR) is 145 cm³/mol. The van der Waals surface area contributed by atoms with Crippen LogP contribution in [-0.4, -0.2) is 53.5 Å². The molecule has 5 rings (SSSR count). The number of aromatic nitrogens is 2. The Morgan fingerprint density at radius 3 is 2.62 bits per heavy atom. The number of hydrogen-bond donors (Lipinski definition) is 0. The third-order valence-corrected chi connectivity index (χ3v) is 7.33. The molecular formula is C30H34F3N3O4. The average Bonchev–Trinajstić information content (AvgIpc) is 3.32. The highest BCUT2D eigenvalue weighted by molar-refractivity contribution is 5.83. The molecule has 2 aromatic carbocycles. The minimum absolute atomic E-state index is 0.0155. The molecule has 7 nitrogen and oxygen atoms in total. The van der Waals surface area contributed by atoms with Gasteiger partial charge in [0.2, 0.25) is 0 Å². The van der Waals surface area contributed by atoms with E-state index in [1.54, 1.807) is 26.0 Å². The topological polar surface area (TPSA) is 65.8 Å². The van der Waals surface area contributed by atoms with Crippen LogP contribution in [-0.2, 0) is 22.3 Å². The van der Waals surface area contributed by atoms with Crippen molar-refractivity contribution >= 4 is 22.9 Å². The fraction of sp³-hybridized carbons (Fsp3) is 0.467. The van der Waals surface area contributed by atoms with Gasteiger partial charge in [-0.15, -0.1) is 0 Å². The molecule has 0 radical (unpaired) electrons. The predicted octanol–water partition coefficient (Wildman–Crippen LogP) is 6.27. The Morgan fingerprint density at radius 2 is 1.93 bits per heavy atom. The normalized spacial score (nSPS) is 16.5. The standard InChI is InChI=1S/C30H34F3N3O4/c1-4-38-29(37)22-9-11-35(12-10-22)16-21-13-23-6-7-24(15-27(23)40-18-21)39-17-20-5-8-26-25(14-20)28(30(31,32)33)34-36(26)19(2)3/h5-8,13-15,19,22H,4,9-12,16-18H2,1-3H3. The van der Waals surface area contributed by atoms with E-state index in [0.717, 1.165) is 43.6 Å². The van der Waals surface area contributed by atoms with E-state index in [-0.39, 0.29) is 29.9 Å². The highest BCUT2D eigenvalue weighted by atomic mass is 19.4. The number of halogens is 3. The van der Waals surface area contributed by atoms with Crippen molar-refractivity contribution < 1.29 is 32.2 Å². The lowest BCUT2D eigenvalue weighted by atomic mass is 9.96. The Bertz CT molecular complexity index is 1410. The molecule has 0 aliphatic carbocycles. The number of rotatable bonds is 8. The molecule has 0 amide bonds. The van der Waals surface area contributed by atoms with E-state index in [2.05, 4.69) is 16.1 Å². The maximum absolute atomic E-state index is 13.6. The molecule has 3 heterocycles. The van der Waals surface area contributed by atoms with Crippen LogP contribution in [0.3, 0.4) is 0 Å². The molecule has 214 valence electrons. The molecule has 40 heavy (non-hydrogen) atoms. The van der Waals surface area contributed by atoms with Gasteiger partial charge in [0.25, 0.3) is 0 Å². The second kappa shape index (κ2) is 11.5. The molecule has 0 spiro atoms. The first-order chi connectivity index (χ1) is 19.1. The lowest BCUT2D eigenvalue weighted by molar-refractivity contribution is -0.149. The zero-order valence-corrected chi connectivity index (χ0v) is 23.0. The molecule has 1 aromatic heterocycles. The number of ether oxygens (including phenoxy) is 3. The monoisotopic (exact) mass is 557 g/mol. The summed E-state index contributed by atoms with van der Waals surface area (Å²) < 4.78 is 59.4. The maximum Gasteiger partial charge on any atom is 0.435 e. The zero-order valence-electron chi connectivity index (χ0n) is 23.0. The Labute approximate surface area is 231 Å². The summed E-state index contributed by atoms with van der Waals surface area (Å²) in [4.78, 5) is 14.3. The van der Waals surface area contributed by atoms with Crippen LogP contribution in [0, 0.1) is 5.92 Å². The van der Waals surface area contributed by atoms with Gasteiger partial charge in [-0.1, -0.05) is 6.07 Å². The summed E-state index contributed by atoms with van der Waals surface area (Å²) in [5, 5.41) is 3.90. The number of likely N-dealkylation sites (tertiary alicyclic amines) is 1. The van der Waals surface area contributed by atoms with E-state index < -0.39 is 11.9 Å². The number of esters is 1. The number of hydrogen-bond acceptors (Lipinski definition) is 6. The van der Waals surface area contributed by atoms with Crippen molar-refractivity contribution in [2.45, 2.75) is 52.4 Å². The maximum atomic E-state index is 13.6. The molecule has 1 fully saturated rings. The first-order valence-electron chi connectivity index (χ1n) is 13.7. The van der Waals surface area contributed by atoms with E-state index in [1.807, 2.05) is 25.1 Å². The third-order valence-electron chi connectivity index (χ3n) is 7.33. The molecule has 0 saturated carbocycles. The summed E-state index contributed by atoms with van der Waals surface area (Å²) in [5.41, 5.74) is 2.29. The van der Waals surface area contributed by atoms with Crippen molar-refractivity contribution in [1.29, 1.82) is 0 Å². The number of carbonyl (C=O) groups excluding carboxylic acids is 1. The zero-order chi connectivity index (χ0) is 28.4. The summed E-state index contributed by atoms with van der Waals surface area (Å²) >= 11 is 0. The quantitative estimate of drug-likeness (QED) is 0.305. The number of piperidine rings is 1. The van der Waals surface area contributed by atoms with Crippen molar-refractivity contribution in [2.24, 2.45) is 5.92 Å². The Balaban J connectivity index is 1.22. The van der Waals surface area contributed by atoms with E-state index in [0.29, 0.717) is 35.8 Å². The molecule has 2 aliphatic rings. The highest BCUT2D eigenvalue weighted by Crippen LogP contribution is 2.36. The van der Waals surface area contributed by atoms with Crippen molar-refractivity contribution in [3.05, 3.63) is 58.8 Å². The van der Waals surface area contributed by atoms with Crippen molar-refractivity contribution in [2.75, 3.05) is 32.8 Å². The van der Waals surface area contributed by atoms with Crippen LogP contribution in [0.2, 0.25) is 0 Å². The minimum Gasteiger partial charge on any atom is -0.489 e. The molecule has 10 heteroatoms.